The third-order valence-electron chi connectivity index (χ3n) is 5.32. The summed E-state index contributed by atoms with van der Waals surface area (Å²) in [6.07, 6.45) is 1.88. The highest BCUT2D eigenvalue weighted by atomic mass is 35.5. The van der Waals surface area contributed by atoms with E-state index in [0.29, 0.717) is 41.0 Å². The Hall–Kier alpha value is -2.33. The van der Waals surface area contributed by atoms with Gasteiger partial charge in [0.05, 0.1) is 16.5 Å². The molecule has 0 unspecified atom stereocenters. The number of hydrogen-bond acceptors (Lipinski definition) is 7. The minimum atomic E-state index is -3.82. The van der Waals surface area contributed by atoms with E-state index in [1.54, 1.807) is 6.07 Å². The lowest BCUT2D eigenvalue weighted by Gasteiger charge is -2.33. The molecule has 31 heavy (non-hydrogen) atoms. The molecule has 8 nitrogen and oxygen atoms in total. The molecule has 3 N–H and O–H groups in total. The molecule has 0 saturated carbocycles. The molecular formula is C21H25ClN4O4S. The highest BCUT2D eigenvalue weighted by Gasteiger charge is 2.26. The minimum Gasteiger partial charge on any atom is -0.492 e. The van der Waals surface area contributed by atoms with Gasteiger partial charge in [-0.3, -0.25) is 0 Å². The Morgan fingerprint density at radius 2 is 2.03 bits per heavy atom. The number of primary sulfonamides is 1. The summed E-state index contributed by atoms with van der Waals surface area (Å²) in [5, 5.41) is 9.20. The maximum atomic E-state index is 11.7. The Labute approximate surface area is 186 Å². The van der Waals surface area contributed by atoms with Gasteiger partial charge >= 0.3 is 0 Å². The van der Waals surface area contributed by atoms with Gasteiger partial charge in [-0.15, -0.1) is 0 Å². The van der Waals surface area contributed by atoms with E-state index in [-0.39, 0.29) is 10.9 Å². The number of nitrogens with zero attached hydrogens (tertiary/aromatic N) is 2. The van der Waals surface area contributed by atoms with Crippen LogP contribution in [0.1, 0.15) is 25.3 Å². The van der Waals surface area contributed by atoms with Gasteiger partial charge in [0.25, 0.3) is 6.01 Å². The topological polar surface area (TPSA) is 111 Å². The van der Waals surface area contributed by atoms with Crippen molar-refractivity contribution in [1.82, 2.24) is 10.3 Å². The monoisotopic (exact) mass is 464 g/mol. The number of anilines is 1. The van der Waals surface area contributed by atoms with Crippen molar-refractivity contribution in [2.45, 2.75) is 37.2 Å². The third-order valence-corrected chi connectivity index (χ3v) is 6.54. The lowest BCUT2D eigenvalue weighted by Crippen LogP contribution is -2.43. The van der Waals surface area contributed by atoms with Gasteiger partial charge in [-0.05, 0) is 68.8 Å². The van der Waals surface area contributed by atoms with Crippen molar-refractivity contribution in [3.63, 3.8) is 0 Å². The van der Waals surface area contributed by atoms with E-state index in [9.17, 15) is 8.42 Å². The van der Waals surface area contributed by atoms with Crippen LogP contribution in [0.15, 0.2) is 45.7 Å². The van der Waals surface area contributed by atoms with Crippen molar-refractivity contribution in [3.05, 3.63) is 47.0 Å². The van der Waals surface area contributed by atoms with E-state index in [0.717, 1.165) is 31.5 Å². The van der Waals surface area contributed by atoms with Crippen LogP contribution in [-0.4, -0.2) is 39.1 Å². The Balaban J connectivity index is 1.70. The summed E-state index contributed by atoms with van der Waals surface area (Å²) < 4.78 is 35.1. The number of sulfonamides is 1. The van der Waals surface area contributed by atoms with Crippen molar-refractivity contribution >= 4 is 38.7 Å². The number of fused-ring (bicyclic) bond motifs is 1. The molecule has 1 aromatic heterocycles. The number of oxazole rings is 1. The van der Waals surface area contributed by atoms with E-state index in [2.05, 4.69) is 15.2 Å². The van der Waals surface area contributed by atoms with Gasteiger partial charge in [-0.2, -0.15) is 4.98 Å². The highest BCUT2D eigenvalue weighted by molar-refractivity contribution is 7.89. The normalized spacial score (nSPS) is 15.3. The first-order valence-corrected chi connectivity index (χ1v) is 12.1. The third kappa shape index (κ3) is 4.95. The average molecular weight is 465 g/mol. The number of nitrogens with one attached hydrogen (secondary N) is 1. The van der Waals surface area contributed by atoms with Crippen LogP contribution in [0, 0.1) is 0 Å². The average Bonchev–Trinajstić information content (AvgIpc) is 3.17. The van der Waals surface area contributed by atoms with E-state index < -0.39 is 10.0 Å². The van der Waals surface area contributed by atoms with Crippen LogP contribution in [0.3, 0.4) is 0 Å². The SMILES string of the molecule is CCOc1cc(CN(c2nc3cc(S(N)(=O)=O)ccc3o2)C2CCNCC2)ccc1Cl. The van der Waals surface area contributed by atoms with Crippen molar-refractivity contribution in [2.75, 3.05) is 24.6 Å². The van der Waals surface area contributed by atoms with Crippen molar-refractivity contribution in [1.29, 1.82) is 0 Å². The van der Waals surface area contributed by atoms with E-state index in [1.807, 2.05) is 25.1 Å². The van der Waals surface area contributed by atoms with Crippen LogP contribution >= 0.6 is 11.6 Å². The maximum Gasteiger partial charge on any atom is 0.298 e. The summed E-state index contributed by atoms with van der Waals surface area (Å²) in [5.74, 6) is 0.641. The Morgan fingerprint density at radius 3 is 2.74 bits per heavy atom. The van der Waals surface area contributed by atoms with E-state index in [4.69, 9.17) is 25.9 Å². The second-order valence-corrected chi connectivity index (χ2v) is 9.45. The molecule has 0 amide bonds. The predicted octanol–water partition coefficient (Wildman–Crippen LogP) is 3.29. The number of ether oxygens (including phenoxy) is 1. The van der Waals surface area contributed by atoms with Gasteiger partial charge in [0.15, 0.2) is 5.58 Å². The molecule has 0 radical (unpaired) electrons. The molecule has 10 heteroatoms. The van der Waals surface area contributed by atoms with Crippen LogP contribution < -0.4 is 20.1 Å². The Morgan fingerprint density at radius 1 is 1.26 bits per heavy atom. The number of piperidine rings is 1. The zero-order valence-electron chi connectivity index (χ0n) is 17.2. The van der Waals surface area contributed by atoms with Crippen LogP contribution in [-0.2, 0) is 16.6 Å². The molecule has 0 aliphatic carbocycles. The highest BCUT2D eigenvalue weighted by Crippen LogP contribution is 2.31. The summed E-state index contributed by atoms with van der Waals surface area (Å²) in [6, 6.07) is 10.8. The van der Waals surface area contributed by atoms with Crippen LogP contribution in [0.5, 0.6) is 5.75 Å². The van der Waals surface area contributed by atoms with Crippen molar-refractivity contribution in [2.24, 2.45) is 5.14 Å². The molecule has 4 rings (SSSR count). The first-order chi connectivity index (χ1) is 14.8. The Kier molecular flexibility index (Phi) is 6.38. The summed E-state index contributed by atoms with van der Waals surface area (Å²) in [6.45, 7) is 4.80. The second-order valence-electron chi connectivity index (χ2n) is 7.48. The molecule has 1 aliphatic heterocycles. The zero-order chi connectivity index (χ0) is 22.0. The zero-order valence-corrected chi connectivity index (χ0v) is 18.7. The van der Waals surface area contributed by atoms with E-state index in [1.165, 1.54) is 12.1 Å². The molecule has 0 spiro atoms. The summed E-state index contributed by atoms with van der Waals surface area (Å²) in [7, 11) is -3.82. The van der Waals surface area contributed by atoms with Crippen molar-refractivity contribution < 1.29 is 17.6 Å². The molecule has 166 valence electrons. The minimum absolute atomic E-state index is 0.00678. The van der Waals surface area contributed by atoms with Gasteiger partial charge in [-0.25, -0.2) is 13.6 Å². The largest absolute Gasteiger partial charge is 0.492 e. The summed E-state index contributed by atoms with van der Waals surface area (Å²) in [5.41, 5.74) is 1.97. The van der Waals surface area contributed by atoms with Gasteiger partial charge < -0.3 is 19.4 Å². The number of hydrogen-bond donors (Lipinski definition) is 2. The molecular weight excluding hydrogens is 440 g/mol. The molecule has 1 aliphatic rings. The van der Waals surface area contributed by atoms with Crippen LogP contribution in [0.2, 0.25) is 5.02 Å². The fourth-order valence-corrected chi connectivity index (χ4v) is 4.48. The second kappa shape index (κ2) is 9.04. The van der Waals surface area contributed by atoms with Crippen LogP contribution in [0.4, 0.5) is 6.01 Å². The fraction of sp³-hybridized carbons (Fsp3) is 0.381. The number of halogens is 1. The fourth-order valence-electron chi connectivity index (χ4n) is 3.78. The van der Waals surface area contributed by atoms with Gasteiger partial charge in [0.2, 0.25) is 10.0 Å². The molecule has 1 saturated heterocycles. The smallest absolute Gasteiger partial charge is 0.298 e. The molecule has 0 atom stereocenters. The maximum absolute atomic E-state index is 11.7. The Bertz CT molecular complexity index is 1180. The van der Waals surface area contributed by atoms with E-state index >= 15 is 0 Å². The quantitative estimate of drug-likeness (QED) is 0.551. The molecule has 1 fully saturated rings. The number of benzene rings is 2. The van der Waals surface area contributed by atoms with Crippen LogP contribution in [0.25, 0.3) is 11.1 Å². The first-order valence-electron chi connectivity index (χ1n) is 10.2. The number of aromatic nitrogens is 1. The number of nitrogens with two attached hydrogens (primary N) is 1. The van der Waals surface area contributed by atoms with Gasteiger partial charge in [-0.1, -0.05) is 17.7 Å². The molecule has 0 bridgehead atoms. The van der Waals surface area contributed by atoms with Gasteiger partial charge in [0, 0.05) is 12.6 Å². The molecule has 2 aromatic carbocycles. The predicted molar refractivity (Wildman–Crippen MR) is 120 cm³/mol. The number of rotatable bonds is 7. The lowest BCUT2D eigenvalue weighted by molar-refractivity contribution is 0.340. The molecule has 3 aromatic rings. The lowest BCUT2D eigenvalue weighted by atomic mass is 10.0. The first kappa shape index (κ1) is 21.9. The summed E-state index contributed by atoms with van der Waals surface area (Å²) >= 11 is 6.25. The molecule has 2 heterocycles. The standard InChI is InChI=1S/C21H25ClN4O4S/c1-2-29-20-11-14(3-5-17(20)22)13-26(15-7-9-24-10-8-15)21-25-18-12-16(31(23,27)28)4-6-19(18)30-21/h3-6,11-12,15,24H,2,7-10,13H2,1H3,(H2,23,27,28). The van der Waals surface area contributed by atoms with Crippen molar-refractivity contribution in [3.8, 4) is 5.75 Å². The summed E-state index contributed by atoms with van der Waals surface area (Å²) in [4.78, 5) is 6.72. The van der Waals surface area contributed by atoms with Gasteiger partial charge in [0.1, 0.15) is 11.3 Å².